The van der Waals surface area contributed by atoms with Gasteiger partial charge in [0.2, 0.25) is 5.91 Å². The average molecular weight is 467 g/mol. The first kappa shape index (κ1) is 19.0. The predicted octanol–water partition coefficient (Wildman–Crippen LogP) is 4.64. The van der Waals surface area contributed by atoms with Crippen LogP contribution in [0, 0.1) is 11.7 Å². The van der Waals surface area contributed by atoms with Crippen LogP contribution in [0.15, 0.2) is 83.3 Å². The minimum atomic E-state index is -0.948. The van der Waals surface area contributed by atoms with E-state index in [0.29, 0.717) is 5.69 Å². The summed E-state index contributed by atoms with van der Waals surface area (Å²) < 4.78 is 14.2. The van der Waals surface area contributed by atoms with Crippen molar-refractivity contribution in [1.82, 2.24) is 0 Å². The van der Waals surface area contributed by atoms with Gasteiger partial charge in [-0.05, 0) is 54.1 Å². The Morgan fingerprint density at radius 1 is 0.800 bits per heavy atom. The molecule has 0 saturated carbocycles. The van der Waals surface area contributed by atoms with Crippen molar-refractivity contribution < 1.29 is 18.8 Å². The Hall–Kier alpha value is -3.03. The van der Waals surface area contributed by atoms with Crippen molar-refractivity contribution in [1.29, 1.82) is 0 Å². The first-order valence-corrected chi connectivity index (χ1v) is 10.2. The SMILES string of the molecule is O=C1[C@@H]2[C@@H](ON(c3ccccc3)[C@H]2c2ccc(Br)cc2)C(=O)N1c1ccc(F)cc1. The molecule has 0 radical (unpaired) electrons. The summed E-state index contributed by atoms with van der Waals surface area (Å²) in [6.07, 6.45) is -0.948. The van der Waals surface area contributed by atoms with Crippen LogP contribution in [0.4, 0.5) is 15.8 Å². The summed E-state index contributed by atoms with van der Waals surface area (Å²) in [4.78, 5) is 33.7. The second kappa shape index (κ2) is 7.34. The number of hydrogen-bond donors (Lipinski definition) is 0. The second-order valence-corrected chi connectivity index (χ2v) is 8.11. The molecule has 2 fully saturated rings. The number of hydrogen-bond acceptors (Lipinski definition) is 4. The molecule has 3 aromatic carbocycles. The first-order valence-electron chi connectivity index (χ1n) is 9.44. The van der Waals surface area contributed by atoms with Gasteiger partial charge in [0.25, 0.3) is 5.91 Å². The number of rotatable bonds is 3. The van der Waals surface area contributed by atoms with Crippen molar-refractivity contribution in [3.05, 3.63) is 94.7 Å². The van der Waals surface area contributed by atoms with Crippen molar-refractivity contribution in [2.45, 2.75) is 12.1 Å². The monoisotopic (exact) mass is 466 g/mol. The quantitative estimate of drug-likeness (QED) is 0.527. The van der Waals surface area contributed by atoms with Crippen molar-refractivity contribution >= 4 is 39.1 Å². The van der Waals surface area contributed by atoms with Crippen LogP contribution in [0.1, 0.15) is 11.6 Å². The number of anilines is 2. The first-order chi connectivity index (χ1) is 14.5. The van der Waals surface area contributed by atoms with E-state index in [0.717, 1.165) is 20.6 Å². The summed E-state index contributed by atoms with van der Waals surface area (Å²) in [5.41, 5.74) is 1.95. The molecule has 0 bridgehead atoms. The molecule has 3 aromatic rings. The van der Waals surface area contributed by atoms with Crippen LogP contribution in [0.2, 0.25) is 0 Å². The summed E-state index contributed by atoms with van der Waals surface area (Å²) in [5.74, 6) is -1.96. The van der Waals surface area contributed by atoms with E-state index < -0.39 is 29.8 Å². The van der Waals surface area contributed by atoms with Gasteiger partial charge in [-0.1, -0.05) is 46.3 Å². The minimum absolute atomic E-state index is 0.338. The zero-order chi connectivity index (χ0) is 20.8. The summed E-state index contributed by atoms with van der Waals surface area (Å²) >= 11 is 3.43. The maximum absolute atomic E-state index is 13.4. The number of halogens is 2. The van der Waals surface area contributed by atoms with Crippen LogP contribution < -0.4 is 9.96 Å². The molecule has 0 N–H and O–H groups in total. The zero-order valence-corrected chi connectivity index (χ0v) is 17.2. The maximum Gasteiger partial charge on any atom is 0.266 e. The van der Waals surface area contributed by atoms with Crippen molar-refractivity contribution in [3.63, 3.8) is 0 Å². The van der Waals surface area contributed by atoms with Crippen LogP contribution in [-0.4, -0.2) is 17.9 Å². The van der Waals surface area contributed by atoms with E-state index in [9.17, 15) is 14.0 Å². The Morgan fingerprint density at radius 2 is 1.47 bits per heavy atom. The van der Waals surface area contributed by atoms with Crippen molar-refractivity contribution in [2.24, 2.45) is 5.92 Å². The Kier molecular flexibility index (Phi) is 4.64. The summed E-state index contributed by atoms with van der Waals surface area (Å²) in [6.45, 7) is 0. The number of para-hydroxylation sites is 1. The smallest absolute Gasteiger partial charge is 0.266 e. The molecule has 0 aliphatic carbocycles. The lowest BCUT2D eigenvalue weighted by Gasteiger charge is -2.28. The molecular formula is C23H16BrFN2O3. The third kappa shape index (κ3) is 3.02. The van der Waals surface area contributed by atoms with E-state index in [-0.39, 0.29) is 5.91 Å². The number of nitrogens with zero attached hydrogens (tertiary/aromatic N) is 2. The lowest BCUT2D eigenvalue weighted by molar-refractivity contribution is -0.126. The molecule has 2 aliphatic heterocycles. The van der Waals surface area contributed by atoms with E-state index in [2.05, 4.69) is 15.9 Å². The number of amides is 2. The molecule has 7 heteroatoms. The molecular weight excluding hydrogens is 451 g/mol. The van der Waals surface area contributed by atoms with Crippen molar-refractivity contribution in [2.75, 3.05) is 9.96 Å². The van der Waals surface area contributed by atoms with Gasteiger partial charge in [0.15, 0.2) is 6.10 Å². The van der Waals surface area contributed by atoms with Gasteiger partial charge in [-0.15, -0.1) is 0 Å². The van der Waals surface area contributed by atoms with Crippen LogP contribution in [0.25, 0.3) is 0 Å². The topological polar surface area (TPSA) is 49.9 Å². The number of fused-ring (bicyclic) bond motifs is 1. The molecule has 5 rings (SSSR count). The van der Waals surface area contributed by atoms with E-state index in [1.54, 1.807) is 5.06 Å². The summed E-state index contributed by atoms with van der Waals surface area (Å²) in [5, 5.41) is 1.65. The Morgan fingerprint density at radius 3 is 2.13 bits per heavy atom. The Bertz CT molecular complexity index is 1110. The molecule has 30 heavy (non-hydrogen) atoms. The molecule has 3 atom stereocenters. The second-order valence-electron chi connectivity index (χ2n) is 7.20. The number of hydroxylamine groups is 1. The third-order valence-corrected chi connectivity index (χ3v) is 5.95. The highest BCUT2D eigenvalue weighted by Gasteiger charge is 2.60. The molecule has 5 nitrogen and oxygen atoms in total. The molecule has 0 spiro atoms. The van der Waals surface area contributed by atoms with E-state index in [1.807, 2.05) is 54.6 Å². The molecule has 2 saturated heterocycles. The van der Waals surface area contributed by atoms with Gasteiger partial charge in [0, 0.05) is 4.47 Å². The number of carbonyl (C=O) groups is 2. The average Bonchev–Trinajstić information content (AvgIpc) is 3.27. The highest BCUT2D eigenvalue weighted by molar-refractivity contribution is 9.10. The van der Waals surface area contributed by atoms with Crippen LogP contribution in [-0.2, 0) is 14.4 Å². The largest absolute Gasteiger partial charge is 0.273 e. The van der Waals surface area contributed by atoms with E-state index in [1.165, 1.54) is 24.3 Å². The molecule has 150 valence electrons. The van der Waals surface area contributed by atoms with E-state index in [4.69, 9.17) is 4.84 Å². The molecule has 2 aliphatic rings. The van der Waals surface area contributed by atoms with Gasteiger partial charge in [-0.25, -0.2) is 14.4 Å². The predicted molar refractivity (Wildman–Crippen MR) is 113 cm³/mol. The number of carbonyl (C=O) groups excluding carboxylic acids is 2. The molecule has 0 aromatic heterocycles. The lowest BCUT2D eigenvalue weighted by Crippen LogP contribution is -2.37. The number of benzene rings is 3. The van der Waals surface area contributed by atoms with Crippen LogP contribution >= 0.6 is 15.9 Å². The minimum Gasteiger partial charge on any atom is -0.273 e. The fraction of sp³-hybridized carbons (Fsp3) is 0.130. The summed E-state index contributed by atoms with van der Waals surface area (Å²) in [6, 6.07) is 21.8. The maximum atomic E-state index is 13.4. The van der Waals surface area contributed by atoms with Gasteiger partial charge in [-0.2, -0.15) is 0 Å². The fourth-order valence-electron chi connectivity index (χ4n) is 4.06. The van der Waals surface area contributed by atoms with Gasteiger partial charge in [0.1, 0.15) is 11.7 Å². The highest BCUT2D eigenvalue weighted by Crippen LogP contribution is 2.47. The normalized spacial score (nSPS) is 23.2. The Labute approximate surface area is 180 Å². The van der Waals surface area contributed by atoms with Gasteiger partial charge in [0.05, 0.1) is 17.4 Å². The van der Waals surface area contributed by atoms with Gasteiger partial charge >= 0.3 is 0 Å². The molecule has 2 heterocycles. The fourth-order valence-corrected chi connectivity index (χ4v) is 4.32. The van der Waals surface area contributed by atoms with Crippen LogP contribution in [0.3, 0.4) is 0 Å². The standard InChI is InChI=1S/C23H16BrFN2O3/c24-15-8-6-14(7-9-15)20-19-21(30-27(20)18-4-2-1-3-5-18)23(29)26(22(19)28)17-12-10-16(25)11-13-17/h1-13,19-21H/t19-,20-,21+/m0/s1. The van der Waals surface area contributed by atoms with Crippen molar-refractivity contribution in [3.8, 4) is 0 Å². The molecule has 0 unspecified atom stereocenters. The zero-order valence-electron chi connectivity index (χ0n) is 15.6. The van der Waals surface area contributed by atoms with Crippen LogP contribution in [0.5, 0.6) is 0 Å². The highest BCUT2D eigenvalue weighted by atomic mass is 79.9. The summed E-state index contributed by atoms with van der Waals surface area (Å²) in [7, 11) is 0. The van der Waals surface area contributed by atoms with Gasteiger partial charge < -0.3 is 0 Å². The Balaban J connectivity index is 1.58. The lowest BCUT2D eigenvalue weighted by atomic mass is 9.90. The van der Waals surface area contributed by atoms with Gasteiger partial charge in [-0.3, -0.25) is 14.4 Å². The third-order valence-electron chi connectivity index (χ3n) is 5.42. The van der Waals surface area contributed by atoms with E-state index >= 15 is 0 Å². The molecule has 2 amide bonds. The number of imide groups is 1.